The fourth-order valence-electron chi connectivity index (χ4n) is 2.13. The molecule has 0 atom stereocenters. The standard InChI is InChI=1S/C14H15BN2O2S/c16-8-10-2-1-3-13(6-10)20-17-12-5-4-11-9-19-15(18)14(11)7-12/h1-7,17-18H,8-9,16H2. The molecular formula is C14H15BN2O2S. The minimum Gasteiger partial charge on any atom is -0.423 e. The number of anilines is 1. The van der Waals surface area contributed by atoms with E-state index in [9.17, 15) is 5.02 Å². The molecule has 0 unspecified atom stereocenters. The van der Waals surface area contributed by atoms with E-state index in [0.717, 1.165) is 27.2 Å². The quantitative estimate of drug-likeness (QED) is 0.587. The molecule has 0 spiro atoms. The highest BCUT2D eigenvalue weighted by Gasteiger charge is 2.27. The van der Waals surface area contributed by atoms with Crippen LogP contribution in [-0.2, 0) is 17.8 Å². The zero-order valence-electron chi connectivity index (χ0n) is 10.9. The van der Waals surface area contributed by atoms with Crippen molar-refractivity contribution < 1.29 is 9.68 Å². The van der Waals surface area contributed by atoms with Crippen LogP contribution in [0, 0.1) is 0 Å². The van der Waals surface area contributed by atoms with E-state index in [1.165, 1.54) is 11.9 Å². The SMILES string of the molecule is NCc1cccc(SNc2ccc3c(c2)B(O)OC3)c1. The second-order valence-electron chi connectivity index (χ2n) is 4.63. The molecule has 2 aromatic carbocycles. The summed E-state index contributed by atoms with van der Waals surface area (Å²) in [6.45, 7) is 1.01. The van der Waals surface area contributed by atoms with Crippen molar-refractivity contribution in [1.82, 2.24) is 0 Å². The van der Waals surface area contributed by atoms with Crippen LogP contribution in [0.4, 0.5) is 5.69 Å². The molecule has 6 heteroatoms. The van der Waals surface area contributed by atoms with Crippen LogP contribution in [0.3, 0.4) is 0 Å². The molecule has 0 fully saturated rings. The van der Waals surface area contributed by atoms with Gasteiger partial charge >= 0.3 is 7.12 Å². The summed E-state index contributed by atoms with van der Waals surface area (Å²) >= 11 is 1.52. The maximum Gasteiger partial charge on any atom is 0.491 e. The van der Waals surface area contributed by atoms with Gasteiger partial charge in [0.15, 0.2) is 0 Å². The summed E-state index contributed by atoms with van der Waals surface area (Å²) in [6, 6.07) is 14.0. The number of rotatable bonds is 4. The van der Waals surface area contributed by atoms with Gasteiger partial charge in [-0.2, -0.15) is 0 Å². The number of fused-ring (bicyclic) bond motifs is 1. The summed E-state index contributed by atoms with van der Waals surface area (Å²) in [5.41, 5.74) is 9.56. The molecule has 102 valence electrons. The Morgan fingerprint density at radius 2 is 2.20 bits per heavy atom. The van der Waals surface area contributed by atoms with E-state index in [0.29, 0.717) is 13.2 Å². The highest BCUT2D eigenvalue weighted by Crippen LogP contribution is 2.23. The Hall–Kier alpha value is -1.47. The van der Waals surface area contributed by atoms with E-state index in [2.05, 4.69) is 10.8 Å². The third-order valence-corrected chi connectivity index (χ3v) is 4.06. The summed E-state index contributed by atoms with van der Waals surface area (Å²) in [5, 5.41) is 9.69. The maximum atomic E-state index is 9.69. The number of hydrogen-bond donors (Lipinski definition) is 3. The predicted molar refractivity (Wildman–Crippen MR) is 82.7 cm³/mol. The molecule has 0 saturated carbocycles. The molecule has 0 radical (unpaired) electrons. The van der Waals surface area contributed by atoms with Gasteiger partial charge in [0.05, 0.1) is 6.61 Å². The summed E-state index contributed by atoms with van der Waals surface area (Å²) in [4.78, 5) is 1.10. The second-order valence-corrected chi connectivity index (χ2v) is 5.51. The molecule has 1 heterocycles. The Kier molecular flexibility index (Phi) is 3.98. The normalized spacial score (nSPS) is 13.4. The van der Waals surface area contributed by atoms with E-state index < -0.39 is 7.12 Å². The van der Waals surface area contributed by atoms with Gasteiger partial charge in [-0.15, -0.1) is 0 Å². The van der Waals surface area contributed by atoms with Gasteiger partial charge in [0.1, 0.15) is 0 Å². The average Bonchev–Trinajstić information content (AvgIpc) is 2.86. The van der Waals surface area contributed by atoms with Crippen molar-refractivity contribution in [2.75, 3.05) is 4.72 Å². The molecule has 20 heavy (non-hydrogen) atoms. The molecule has 0 aliphatic carbocycles. The molecular weight excluding hydrogens is 271 g/mol. The molecule has 0 saturated heterocycles. The lowest BCUT2D eigenvalue weighted by atomic mass is 9.79. The van der Waals surface area contributed by atoms with Gasteiger partial charge in [0.2, 0.25) is 0 Å². The van der Waals surface area contributed by atoms with Crippen LogP contribution in [0.2, 0.25) is 0 Å². The van der Waals surface area contributed by atoms with Crippen molar-refractivity contribution in [3.63, 3.8) is 0 Å². The summed E-state index contributed by atoms with van der Waals surface area (Å²) in [7, 11) is -0.808. The fourth-order valence-corrected chi connectivity index (χ4v) is 2.85. The minimum absolute atomic E-state index is 0.475. The Balaban J connectivity index is 1.71. The third-order valence-electron chi connectivity index (χ3n) is 3.23. The van der Waals surface area contributed by atoms with E-state index in [-0.39, 0.29) is 0 Å². The fraction of sp³-hybridized carbons (Fsp3) is 0.143. The number of hydrogen-bond acceptors (Lipinski definition) is 5. The van der Waals surface area contributed by atoms with Crippen LogP contribution in [-0.4, -0.2) is 12.1 Å². The lowest BCUT2D eigenvalue weighted by molar-refractivity contribution is 0.275. The van der Waals surface area contributed by atoms with Crippen LogP contribution in [0.1, 0.15) is 11.1 Å². The lowest BCUT2D eigenvalue weighted by Gasteiger charge is -2.08. The number of benzene rings is 2. The van der Waals surface area contributed by atoms with Gasteiger partial charge in [-0.1, -0.05) is 18.2 Å². The molecule has 0 aromatic heterocycles. The maximum absolute atomic E-state index is 9.69. The first kappa shape index (κ1) is 13.5. The van der Waals surface area contributed by atoms with E-state index in [1.807, 2.05) is 36.4 Å². The third kappa shape index (κ3) is 2.83. The molecule has 1 aliphatic heterocycles. The number of nitrogens with one attached hydrogen (secondary N) is 1. The molecule has 3 rings (SSSR count). The zero-order chi connectivity index (χ0) is 13.9. The first-order valence-electron chi connectivity index (χ1n) is 6.40. The summed E-state index contributed by atoms with van der Waals surface area (Å²) < 4.78 is 8.45. The van der Waals surface area contributed by atoms with Gasteiger partial charge in [0.25, 0.3) is 0 Å². The smallest absolute Gasteiger partial charge is 0.423 e. The highest BCUT2D eigenvalue weighted by atomic mass is 32.2. The minimum atomic E-state index is -0.808. The van der Waals surface area contributed by atoms with Crippen molar-refractivity contribution in [2.24, 2.45) is 5.73 Å². The van der Waals surface area contributed by atoms with Crippen LogP contribution in [0.25, 0.3) is 0 Å². The van der Waals surface area contributed by atoms with Crippen LogP contribution in [0.5, 0.6) is 0 Å². The second kappa shape index (κ2) is 5.89. The highest BCUT2D eigenvalue weighted by molar-refractivity contribution is 8.00. The van der Waals surface area contributed by atoms with E-state index >= 15 is 0 Å². The first-order chi connectivity index (χ1) is 9.76. The molecule has 1 aliphatic rings. The predicted octanol–water partition coefficient (Wildman–Crippen LogP) is 1.48. The van der Waals surface area contributed by atoms with Crippen molar-refractivity contribution in [3.8, 4) is 0 Å². The van der Waals surface area contributed by atoms with Gasteiger partial charge < -0.3 is 20.1 Å². The summed E-state index contributed by atoms with van der Waals surface area (Å²) in [5.74, 6) is 0. The Morgan fingerprint density at radius 1 is 1.30 bits per heavy atom. The number of nitrogens with two attached hydrogens (primary N) is 1. The topological polar surface area (TPSA) is 67.5 Å². The molecule has 0 amide bonds. The molecule has 4 N–H and O–H groups in total. The Morgan fingerprint density at radius 3 is 3.05 bits per heavy atom. The lowest BCUT2D eigenvalue weighted by Crippen LogP contribution is -2.28. The van der Waals surface area contributed by atoms with E-state index in [1.54, 1.807) is 0 Å². The Labute approximate surface area is 122 Å². The van der Waals surface area contributed by atoms with Gasteiger partial charge in [-0.05, 0) is 52.8 Å². The van der Waals surface area contributed by atoms with Crippen LogP contribution >= 0.6 is 11.9 Å². The molecule has 2 aromatic rings. The van der Waals surface area contributed by atoms with Gasteiger partial charge in [0, 0.05) is 17.1 Å². The zero-order valence-corrected chi connectivity index (χ0v) is 11.7. The van der Waals surface area contributed by atoms with Gasteiger partial charge in [-0.25, -0.2) is 0 Å². The van der Waals surface area contributed by atoms with Crippen LogP contribution in [0.15, 0.2) is 47.4 Å². The Bertz CT molecular complexity index is 624. The largest absolute Gasteiger partial charge is 0.491 e. The van der Waals surface area contributed by atoms with Crippen molar-refractivity contribution in [3.05, 3.63) is 53.6 Å². The van der Waals surface area contributed by atoms with E-state index in [4.69, 9.17) is 10.4 Å². The first-order valence-corrected chi connectivity index (χ1v) is 7.22. The monoisotopic (exact) mass is 286 g/mol. The molecule has 0 bridgehead atoms. The average molecular weight is 286 g/mol. The van der Waals surface area contributed by atoms with Crippen molar-refractivity contribution >= 4 is 30.2 Å². The molecule has 4 nitrogen and oxygen atoms in total. The van der Waals surface area contributed by atoms with Crippen LogP contribution < -0.4 is 15.9 Å². The summed E-state index contributed by atoms with van der Waals surface area (Å²) in [6.07, 6.45) is 0. The van der Waals surface area contributed by atoms with Crippen molar-refractivity contribution in [2.45, 2.75) is 18.0 Å². The van der Waals surface area contributed by atoms with Crippen molar-refractivity contribution in [1.29, 1.82) is 0 Å². The van der Waals surface area contributed by atoms with Gasteiger partial charge in [-0.3, -0.25) is 0 Å².